The Balaban J connectivity index is 0.000000268. The monoisotopic (exact) mass is 1050 g/mol. The quantitative estimate of drug-likeness (QED) is 0.0435. The molecule has 0 atom stereocenters. The van der Waals surface area contributed by atoms with E-state index in [4.69, 9.17) is 67.9 Å². The maximum atomic E-state index is 13.1. The maximum Gasteiger partial charge on any atom is 0.417 e. The Kier molecular flexibility index (Phi) is 16.7. The van der Waals surface area contributed by atoms with Crippen LogP contribution in [-0.4, -0.2) is 59.9 Å². The first-order valence-electron chi connectivity index (χ1n) is 16.8. The van der Waals surface area contributed by atoms with Crippen molar-refractivity contribution in [2.24, 2.45) is 0 Å². The minimum Gasteiger partial charge on any atom is -0.483 e. The van der Waals surface area contributed by atoms with Crippen molar-refractivity contribution in [3.05, 3.63) is 167 Å². The van der Waals surface area contributed by atoms with Gasteiger partial charge in [0.1, 0.15) is 22.2 Å². The summed E-state index contributed by atoms with van der Waals surface area (Å²) in [6.45, 7) is -0.250. The van der Waals surface area contributed by atoms with Crippen molar-refractivity contribution in [2.45, 2.75) is 22.1 Å². The van der Waals surface area contributed by atoms with Gasteiger partial charge in [-0.15, -0.1) is 0 Å². The number of H-pyrrole nitrogens is 1. The largest absolute Gasteiger partial charge is 0.483 e. The number of aromatic amines is 1. The van der Waals surface area contributed by atoms with Crippen molar-refractivity contribution in [1.29, 1.82) is 0 Å². The van der Waals surface area contributed by atoms with Gasteiger partial charge in [-0.05, 0) is 66.7 Å². The number of nitrogens with one attached hydrogen (secondary N) is 3. The van der Waals surface area contributed by atoms with Gasteiger partial charge in [0.15, 0.2) is 0 Å². The van der Waals surface area contributed by atoms with Crippen LogP contribution in [0.25, 0.3) is 0 Å². The molecule has 0 aliphatic rings. The third-order valence-corrected chi connectivity index (χ3v) is 11.7. The average Bonchev–Trinajstić information content (AvgIpc) is 3.20. The van der Waals surface area contributed by atoms with Crippen LogP contribution in [-0.2, 0) is 37.2 Å². The van der Waals surface area contributed by atoms with E-state index in [-0.39, 0.29) is 44.4 Å². The Hall–Kier alpha value is -5.82. The van der Waals surface area contributed by atoms with Gasteiger partial charge in [-0.3, -0.25) is 28.6 Å². The second-order valence-electron chi connectivity index (χ2n) is 12.1. The topological polar surface area (TPSA) is 235 Å². The molecule has 15 nitrogen and oxygen atoms in total. The van der Waals surface area contributed by atoms with E-state index in [1.165, 1.54) is 30.3 Å². The Bertz CT molecular complexity index is 3090. The molecule has 0 spiro atoms. The Morgan fingerprint density at radius 1 is 0.646 bits per heavy atom. The zero-order valence-corrected chi connectivity index (χ0v) is 36.8. The molecule has 65 heavy (non-hydrogen) atoms. The zero-order valence-electron chi connectivity index (χ0n) is 31.3. The summed E-state index contributed by atoms with van der Waals surface area (Å²) in [4.78, 5) is 57.6. The van der Waals surface area contributed by atoms with E-state index in [2.05, 4.69) is 19.9 Å². The number of hydrogen-bond acceptors (Lipinski definition) is 11. The lowest BCUT2D eigenvalue weighted by atomic mass is 10.1. The van der Waals surface area contributed by atoms with Crippen molar-refractivity contribution < 1.29 is 62.7 Å². The number of hydrogen-bond donors (Lipinski definition) is 4. The number of anilines is 2. The Labute approximate surface area is 386 Å². The molecule has 0 radical (unpaired) electrons. The van der Waals surface area contributed by atoms with Crippen molar-refractivity contribution >= 4 is 107 Å². The molecule has 2 aromatic carbocycles. The number of benzene rings is 2. The number of aromatic nitrogens is 4. The molecule has 0 saturated carbocycles. The number of carbonyl (C=O) groups is 3. The summed E-state index contributed by atoms with van der Waals surface area (Å²) >= 11 is 28.5. The summed E-state index contributed by atoms with van der Waals surface area (Å²) in [6.07, 6.45) is -7.60. The third-order valence-electron chi connectivity index (χ3n) is 7.70. The molecular formula is C37H21Cl5F6N6O9S2. The molecule has 4 N–H and O–H groups in total. The molecule has 4 heterocycles. The minimum absolute atomic E-state index is 0.0165. The smallest absolute Gasteiger partial charge is 0.417 e. The van der Waals surface area contributed by atoms with E-state index in [0.717, 1.165) is 54.9 Å². The van der Waals surface area contributed by atoms with Crippen molar-refractivity contribution in [2.75, 3.05) is 9.44 Å². The number of carbonyl (C=O) groups excluding carboxylic acids is 2. The predicted molar refractivity (Wildman–Crippen MR) is 225 cm³/mol. The van der Waals surface area contributed by atoms with E-state index < -0.39 is 91.9 Å². The Morgan fingerprint density at radius 2 is 1.08 bits per heavy atom. The van der Waals surface area contributed by atoms with E-state index in [1.54, 1.807) is 0 Å². The first-order valence-corrected chi connectivity index (χ1v) is 21.6. The van der Waals surface area contributed by atoms with Crippen LogP contribution in [0.2, 0.25) is 25.2 Å². The van der Waals surface area contributed by atoms with Gasteiger partial charge in [-0.2, -0.15) is 26.3 Å². The summed E-state index contributed by atoms with van der Waals surface area (Å²) in [7, 11) is -9.19. The maximum absolute atomic E-state index is 13.1. The molecule has 6 aromatic rings. The van der Waals surface area contributed by atoms with Crippen LogP contribution in [0.1, 0.15) is 43.5 Å². The average molecular weight is 1050 g/mol. The fraction of sp³-hybridized carbons (Fsp3) is 0.0541. The predicted octanol–water partition coefficient (Wildman–Crippen LogP) is 9.32. The van der Waals surface area contributed by atoms with Crippen LogP contribution in [0, 0.1) is 0 Å². The van der Waals surface area contributed by atoms with Gasteiger partial charge in [-0.1, -0.05) is 70.1 Å². The molecule has 0 unspecified atom stereocenters. The van der Waals surface area contributed by atoms with Gasteiger partial charge in [0, 0.05) is 18.5 Å². The molecule has 0 aliphatic carbocycles. The molecule has 0 bridgehead atoms. The molecule has 0 amide bonds. The molecule has 0 fully saturated rings. The number of nitrogens with zero attached hydrogens (tertiary/aromatic N) is 3. The number of sulfonamides is 2. The molecular weight excluding hydrogens is 1030 g/mol. The lowest BCUT2D eigenvalue weighted by molar-refractivity contribution is -0.138. The number of halogens is 11. The van der Waals surface area contributed by atoms with Crippen LogP contribution >= 0.6 is 58.0 Å². The molecule has 6 rings (SSSR count). The van der Waals surface area contributed by atoms with Crippen LogP contribution in [0.4, 0.5) is 37.7 Å². The highest BCUT2D eigenvalue weighted by molar-refractivity contribution is 7.93. The van der Waals surface area contributed by atoms with Crippen LogP contribution in [0.5, 0.6) is 0 Å². The second-order valence-corrected chi connectivity index (χ2v) is 17.6. The molecule has 28 heteroatoms. The minimum atomic E-state index is -4.89. The van der Waals surface area contributed by atoms with Crippen molar-refractivity contribution in [1.82, 2.24) is 19.9 Å². The highest BCUT2D eigenvalue weighted by Gasteiger charge is 2.36. The zero-order chi connectivity index (χ0) is 48.7. The Morgan fingerprint density at radius 3 is 1.49 bits per heavy atom. The summed E-state index contributed by atoms with van der Waals surface area (Å²) in [5.74, 6) is -1.64. The second kappa shape index (κ2) is 21.0. The third kappa shape index (κ3) is 13.6. The molecule has 342 valence electrons. The number of rotatable bonds is 10. The summed E-state index contributed by atoms with van der Waals surface area (Å²) < 4.78 is 133. The van der Waals surface area contributed by atoms with Gasteiger partial charge >= 0.3 is 12.4 Å². The van der Waals surface area contributed by atoms with E-state index in [0.29, 0.717) is 12.1 Å². The normalized spacial score (nSPS) is 11.6. The van der Waals surface area contributed by atoms with Gasteiger partial charge in [0.25, 0.3) is 26.5 Å². The van der Waals surface area contributed by atoms with E-state index in [9.17, 15) is 57.6 Å². The highest BCUT2D eigenvalue weighted by Crippen LogP contribution is 2.38. The van der Waals surface area contributed by atoms with E-state index >= 15 is 0 Å². The summed E-state index contributed by atoms with van der Waals surface area (Å²) in [6, 6.07) is 14.2. The van der Waals surface area contributed by atoms with Crippen molar-refractivity contribution in [3.8, 4) is 0 Å². The first kappa shape index (κ1) is 51.8. The molecule has 4 aromatic heterocycles. The number of ketones is 2. The number of alkyl halides is 6. The van der Waals surface area contributed by atoms with Crippen LogP contribution in [0.15, 0.2) is 112 Å². The standard InChI is InChI=1S/C18H9Cl3F3N3O3S.C18H10Cl2F3N3O4S.CH2O2/c19-9-6-14(16(25-8-9)17(28)13-2-1-3-15(21)26-13)27-31(29,30)10-4-5-12(20)11(7-10)18(22,23)24;19-9-6-14(16(24-8-9)17(28)13-2-1-3-15(27)25-13)26-31(29,30)10-4-5-12(20)11(7-10)18(21,22)23;2-1-3/h1-8,27H;1-8,26H,(H,25,27);1H,(H,2,3). The molecule has 0 saturated heterocycles. The van der Waals surface area contributed by atoms with Gasteiger partial charge in [-0.25, -0.2) is 31.8 Å². The lowest BCUT2D eigenvalue weighted by Crippen LogP contribution is -2.19. The summed E-state index contributed by atoms with van der Waals surface area (Å²) in [5.41, 5.74) is -5.15. The number of pyridine rings is 4. The first-order chi connectivity index (χ1) is 30.2. The fourth-order valence-corrected chi connectivity index (χ4v) is 8.04. The summed E-state index contributed by atoms with van der Waals surface area (Å²) in [5, 5.41) is 5.48. The molecule has 0 aliphatic heterocycles. The fourth-order valence-electron chi connectivity index (χ4n) is 4.94. The highest BCUT2D eigenvalue weighted by atomic mass is 35.5. The van der Waals surface area contributed by atoms with Crippen LogP contribution < -0.4 is 15.0 Å². The van der Waals surface area contributed by atoms with Crippen LogP contribution in [0.3, 0.4) is 0 Å². The van der Waals surface area contributed by atoms with Crippen molar-refractivity contribution in [3.63, 3.8) is 0 Å². The van der Waals surface area contributed by atoms with Gasteiger partial charge in [0.05, 0.1) is 58.1 Å². The number of carboxylic acid groups (broad SMARTS) is 1. The van der Waals surface area contributed by atoms with Gasteiger partial charge < -0.3 is 10.1 Å². The SMILES string of the molecule is O=C(c1cccc(=O)[nH]1)c1ncc(Cl)cc1NS(=O)(=O)c1ccc(Cl)c(C(F)(F)F)c1.O=C(c1cccc(Cl)n1)c1ncc(Cl)cc1NS(=O)(=O)c1ccc(Cl)c(C(F)(F)F)c1.O=CO. The van der Waals surface area contributed by atoms with Gasteiger partial charge in [0.2, 0.25) is 17.1 Å². The lowest BCUT2D eigenvalue weighted by Gasteiger charge is -2.14. The van der Waals surface area contributed by atoms with E-state index in [1.807, 2.05) is 9.44 Å².